The number of rotatable bonds is 7. The third-order valence-corrected chi connectivity index (χ3v) is 3.74. The first kappa shape index (κ1) is 21.5. The van der Waals surface area contributed by atoms with Crippen molar-refractivity contribution in [2.24, 2.45) is 16.5 Å². The summed E-state index contributed by atoms with van der Waals surface area (Å²) in [6.07, 6.45) is 0. The predicted octanol–water partition coefficient (Wildman–Crippen LogP) is 2.62. The van der Waals surface area contributed by atoms with Crippen LogP contribution in [0.2, 0.25) is 0 Å². The lowest BCUT2D eigenvalue weighted by Crippen LogP contribution is -2.27. The second-order valence-corrected chi connectivity index (χ2v) is 5.88. The molecule has 7 nitrogen and oxygen atoms in total. The number of ketones is 1. The lowest BCUT2D eigenvalue weighted by molar-refractivity contribution is -0.137. The second kappa shape index (κ2) is 9.45. The van der Waals surface area contributed by atoms with Crippen molar-refractivity contribution < 1.29 is 27.8 Å². The Morgan fingerprint density at radius 2 is 1.72 bits per heavy atom. The van der Waals surface area contributed by atoms with E-state index in [0.717, 1.165) is 6.07 Å². The average Bonchev–Trinajstić information content (AvgIpc) is 2.67. The van der Waals surface area contributed by atoms with Gasteiger partial charge in [0.2, 0.25) is 5.78 Å². The molecule has 0 radical (unpaired) electrons. The van der Waals surface area contributed by atoms with Crippen LogP contribution < -0.4 is 16.2 Å². The zero-order valence-corrected chi connectivity index (χ0v) is 15.7. The molecule has 0 heterocycles. The fourth-order valence-electron chi connectivity index (χ4n) is 2.31. The lowest BCUT2D eigenvalue weighted by atomic mass is 10.1. The number of ether oxygens (including phenoxy) is 2. The van der Waals surface area contributed by atoms with Crippen LogP contribution in [0.15, 0.2) is 58.7 Å². The van der Waals surface area contributed by atoms with E-state index < -0.39 is 30.0 Å². The van der Waals surface area contributed by atoms with Crippen LogP contribution in [0.25, 0.3) is 0 Å². The van der Waals surface area contributed by atoms with Gasteiger partial charge in [-0.05, 0) is 43.3 Å². The molecule has 0 saturated heterocycles. The second-order valence-electron chi connectivity index (χ2n) is 5.88. The highest BCUT2D eigenvalue weighted by atomic mass is 19.1. The number of benzene rings is 2. The maximum atomic E-state index is 14.0. The van der Waals surface area contributed by atoms with E-state index in [2.05, 4.69) is 4.99 Å². The Morgan fingerprint density at radius 1 is 1.07 bits per heavy atom. The summed E-state index contributed by atoms with van der Waals surface area (Å²) in [5, 5.41) is 0. The normalized spacial score (nSPS) is 12.2. The minimum atomic E-state index is -1.00. The standard InChI is InChI=1S/C20H19F2N3O4/c1-11(23)18(19(24)25-13-5-3-12(21)4-6-13)20(27)29-10-17(26)15-8-7-14(28-2)9-16(15)22/h3-9H,10,23H2,1-2H3,(H2,24,25). The molecule has 0 bridgehead atoms. The number of hydrogen-bond donors (Lipinski definition) is 2. The molecule has 9 heteroatoms. The van der Waals surface area contributed by atoms with Gasteiger partial charge in [-0.3, -0.25) is 4.79 Å². The Labute approximate surface area is 165 Å². The molecule has 0 fully saturated rings. The molecule has 0 aliphatic carbocycles. The molecule has 4 N–H and O–H groups in total. The van der Waals surface area contributed by atoms with Gasteiger partial charge in [-0.15, -0.1) is 0 Å². The number of aliphatic imine (C=N–C) groups is 1. The average molecular weight is 403 g/mol. The fourth-order valence-corrected chi connectivity index (χ4v) is 2.31. The summed E-state index contributed by atoms with van der Waals surface area (Å²) in [6, 6.07) is 8.72. The summed E-state index contributed by atoms with van der Waals surface area (Å²) >= 11 is 0. The molecule has 0 aliphatic rings. The highest BCUT2D eigenvalue weighted by Gasteiger charge is 2.21. The molecule has 2 rings (SSSR count). The first-order valence-corrected chi connectivity index (χ1v) is 8.33. The van der Waals surface area contributed by atoms with E-state index in [9.17, 15) is 18.4 Å². The zero-order valence-electron chi connectivity index (χ0n) is 15.7. The van der Waals surface area contributed by atoms with Crippen LogP contribution >= 0.6 is 0 Å². The van der Waals surface area contributed by atoms with E-state index in [-0.39, 0.29) is 34.1 Å². The molecule has 29 heavy (non-hydrogen) atoms. The van der Waals surface area contributed by atoms with Crippen molar-refractivity contribution in [1.29, 1.82) is 0 Å². The van der Waals surface area contributed by atoms with Crippen LogP contribution in [0.4, 0.5) is 14.5 Å². The van der Waals surface area contributed by atoms with Gasteiger partial charge in [0.25, 0.3) is 0 Å². The SMILES string of the molecule is COc1ccc(C(=O)COC(=O)C(C(N)=Nc2ccc(F)cc2)=C(C)N)c(F)c1. The van der Waals surface area contributed by atoms with E-state index in [1.807, 2.05) is 0 Å². The van der Waals surface area contributed by atoms with Crippen LogP contribution in [-0.4, -0.2) is 31.3 Å². The van der Waals surface area contributed by atoms with E-state index >= 15 is 0 Å². The topological polar surface area (TPSA) is 117 Å². The van der Waals surface area contributed by atoms with Crippen molar-refractivity contribution in [3.63, 3.8) is 0 Å². The largest absolute Gasteiger partial charge is 0.497 e. The fraction of sp³-hybridized carbons (Fsp3) is 0.150. The van der Waals surface area contributed by atoms with Crippen molar-refractivity contribution in [2.75, 3.05) is 13.7 Å². The smallest absolute Gasteiger partial charge is 0.344 e. The molecule has 0 aliphatic heterocycles. The quantitative estimate of drug-likeness (QED) is 0.241. The van der Waals surface area contributed by atoms with E-state index in [4.69, 9.17) is 20.9 Å². The molecule has 2 aromatic carbocycles. The van der Waals surface area contributed by atoms with Gasteiger partial charge in [0.1, 0.15) is 28.8 Å². The van der Waals surface area contributed by atoms with Crippen molar-refractivity contribution in [3.8, 4) is 5.75 Å². The number of amidine groups is 1. The van der Waals surface area contributed by atoms with Gasteiger partial charge < -0.3 is 20.9 Å². The molecule has 0 saturated carbocycles. The summed E-state index contributed by atoms with van der Waals surface area (Å²) in [5.74, 6) is -3.07. The number of allylic oxidation sites excluding steroid dienone is 1. The van der Waals surface area contributed by atoms with Gasteiger partial charge in [-0.25, -0.2) is 18.6 Å². The third-order valence-electron chi connectivity index (χ3n) is 3.74. The summed E-state index contributed by atoms with van der Waals surface area (Å²) in [4.78, 5) is 28.5. The van der Waals surface area contributed by atoms with Gasteiger partial charge in [-0.2, -0.15) is 0 Å². The lowest BCUT2D eigenvalue weighted by Gasteiger charge is -2.10. The van der Waals surface area contributed by atoms with Crippen molar-refractivity contribution in [2.45, 2.75) is 6.92 Å². The molecule has 152 valence electrons. The van der Waals surface area contributed by atoms with E-state index in [1.165, 1.54) is 50.4 Å². The Kier molecular flexibility index (Phi) is 7.02. The van der Waals surface area contributed by atoms with Crippen LogP contribution in [0.1, 0.15) is 17.3 Å². The van der Waals surface area contributed by atoms with Crippen LogP contribution in [0.5, 0.6) is 5.75 Å². The summed E-state index contributed by atoms with van der Waals surface area (Å²) in [7, 11) is 1.36. The first-order valence-electron chi connectivity index (χ1n) is 8.33. The van der Waals surface area contributed by atoms with Gasteiger partial charge in [0, 0.05) is 11.8 Å². The molecule has 0 spiro atoms. The highest BCUT2D eigenvalue weighted by molar-refractivity contribution is 6.19. The summed E-state index contributed by atoms with van der Waals surface area (Å²) in [5.41, 5.74) is 11.3. The molecule has 0 aromatic heterocycles. The van der Waals surface area contributed by atoms with E-state index in [1.54, 1.807) is 0 Å². The Morgan fingerprint density at radius 3 is 2.28 bits per heavy atom. The van der Waals surface area contributed by atoms with Gasteiger partial charge in [0.15, 0.2) is 6.61 Å². The Balaban J connectivity index is 2.13. The number of halogens is 2. The summed E-state index contributed by atoms with van der Waals surface area (Å²) in [6.45, 7) is 0.664. The monoisotopic (exact) mass is 403 g/mol. The third kappa shape index (κ3) is 5.61. The molecular weight excluding hydrogens is 384 g/mol. The molecular formula is C20H19F2N3O4. The molecule has 0 atom stereocenters. The van der Waals surface area contributed by atoms with Gasteiger partial charge in [-0.1, -0.05) is 0 Å². The Hall–Kier alpha value is -3.75. The van der Waals surface area contributed by atoms with Crippen LogP contribution in [-0.2, 0) is 9.53 Å². The number of methoxy groups -OCH3 is 1. The minimum absolute atomic E-state index is 0.00133. The van der Waals surface area contributed by atoms with Crippen molar-refractivity contribution in [1.82, 2.24) is 0 Å². The number of carbonyl (C=O) groups is 2. The summed E-state index contributed by atoms with van der Waals surface area (Å²) < 4.78 is 36.7. The zero-order chi connectivity index (χ0) is 21.6. The van der Waals surface area contributed by atoms with E-state index in [0.29, 0.717) is 0 Å². The number of nitrogens with two attached hydrogens (primary N) is 2. The first-order chi connectivity index (χ1) is 13.7. The van der Waals surface area contributed by atoms with Crippen LogP contribution in [0.3, 0.4) is 0 Å². The number of nitrogens with zero attached hydrogens (tertiary/aromatic N) is 1. The number of Topliss-reactive ketones (excluding diaryl/α,β-unsaturated/α-hetero) is 1. The van der Waals surface area contributed by atoms with Gasteiger partial charge >= 0.3 is 5.97 Å². The number of hydrogen-bond acceptors (Lipinski definition) is 6. The maximum Gasteiger partial charge on any atom is 0.344 e. The van der Waals surface area contributed by atoms with Crippen molar-refractivity contribution >= 4 is 23.3 Å². The highest BCUT2D eigenvalue weighted by Crippen LogP contribution is 2.18. The van der Waals surface area contributed by atoms with Crippen molar-refractivity contribution in [3.05, 3.63) is 70.9 Å². The number of carbonyl (C=O) groups excluding carboxylic acids is 2. The van der Waals surface area contributed by atoms with Crippen LogP contribution in [0, 0.1) is 11.6 Å². The maximum absolute atomic E-state index is 14.0. The van der Waals surface area contributed by atoms with Gasteiger partial charge in [0.05, 0.1) is 18.4 Å². The minimum Gasteiger partial charge on any atom is -0.497 e. The number of esters is 1. The predicted molar refractivity (Wildman–Crippen MR) is 103 cm³/mol. The molecule has 0 amide bonds. The molecule has 0 unspecified atom stereocenters. The molecule has 2 aromatic rings. The Bertz CT molecular complexity index is 982.